The van der Waals surface area contributed by atoms with Gasteiger partial charge in [-0.3, -0.25) is 9.59 Å². The molecule has 0 atom stereocenters. The lowest BCUT2D eigenvalue weighted by Gasteiger charge is -2.30. The van der Waals surface area contributed by atoms with Gasteiger partial charge in [-0.15, -0.1) is 0 Å². The van der Waals surface area contributed by atoms with Crippen LogP contribution in [0.4, 0.5) is 0 Å². The van der Waals surface area contributed by atoms with Gasteiger partial charge in [-0.25, -0.2) is 4.98 Å². The van der Waals surface area contributed by atoms with E-state index in [-0.39, 0.29) is 17.6 Å². The molecule has 1 aromatic heterocycles. The molecule has 1 aliphatic heterocycles. The maximum absolute atomic E-state index is 12.7. The standard InChI is InChI=1S/C22H22ClN3O3S/c23-17-6-7-19-18(12-17)24-22(26(19)13-15-4-2-1-3-5-15)30-14-20(27)25-10-8-16(9-11-25)21(28)29/h1-7,12,16H,8-11,13-14H2,(H,28,29). The van der Waals surface area contributed by atoms with Gasteiger partial charge in [-0.1, -0.05) is 53.7 Å². The van der Waals surface area contributed by atoms with Crippen LogP contribution in [0.25, 0.3) is 11.0 Å². The average Bonchev–Trinajstić information content (AvgIpc) is 3.09. The van der Waals surface area contributed by atoms with Gasteiger partial charge >= 0.3 is 5.97 Å². The Labute approximate surface area is 183 Å². The van der Waals surface area contributed by atoms with E-state index < -0.39 is 5.97 Å². The number of hydrogen-bond donors (Lipinski definition) is 1. The molecule has 6 nitrogen and oxygen atoms in total. The number of fused-ring (bicyclic) bond motifs is 1. The molecule has 4 rings (SSSR count). The number of aliphatic carboxylic acids is 1. The van der Waals surface area contributed by atoms with Crippen molar-refractivity contribution in [3.8, 4) is 0 Å². The van der Waals surface area contributed by atoms with E-state index in [1.807, 2.05) is 36.4 Å². The number of hydrogen-bond acceptors (Lipinski definition) is 4. The van der Waals surface area contributed by atoms with Gasteiger partial charge < -0.3 is 14.6 Å². The van der Waals surface area contributed by atoms with Crippen LogP contribution in [0.5, 0.6) is 0 Å². The highest BCUT2D eigenvalue weighted by molar-refractivity contribution is 7.99. The van der Waals surface area contributed by atoms with Crippen LogP contribution in [0.2, 0.25) is 5.02 Å². The van der Waals surface area contributed by atoms with Gasteiger partial charge in [-0.2, -0.15) is 0 Å². The number of carboxylic acid groups (broad SMARTS) is 1. The maximum Gasteiger partial charge on any atom is 0.306 e. The van der Waals surface area contributed by atoms with E-state index in [2.05, 4.69) is 16.7 Å². The highest BCUT2D eigenvalue weighted by atomic mass is 35.5. The summed E-state index contributed by atoms with van der Waals surface area (Å²) in [5.74, 6) is -0.838. The Morgan fingerprint density at radius 2 is 1.87 bits per heavy atom. The number of thioether (sulfide) groups is 1. The lowest BCUT2D eigenvalue weighted by atomic mass is 9.97. The van der Waals surface area contributed by atoms with Crippen molar-refractivity contribution in [2.24, 2.45) is 5.92 Å². The second-order valence-electron chi connectivity index (χ2n) is 7.38. The van der Waals surface area contributed by atoms with E-state index in [9.17, 15) is 9.59 Å². The van der Waals surface area contributed by atoms with E-state index >= 15 is 0 Å². The molecule has 1 amide bonds. The molecule has 8 heteroatoms. The quantitative estimate of drug-likeness (QED) is 0.579. The number of carbonyl (C=O) groups is 2. The Kier molecular flexibility index (Phi) is 6.29. The molecule has 0 unspecified atom stereocenters. The summed E-state index contributed by atoms with van der Waals surface area (Å²) in [6.07, 6.45) is 1.02. The van der Waals surface area contributed by atoms with E-state index in [0.717, 1.165) is 21.8 Å². The van der Waals surface area contributed by atoms with Gasteiger partial charge in [0.25, 0.3) is 0 Å². The Morgan fingerprint density at radius 1 is 1.13 bits per heavy atom. The second kappa shape index (κ2) is 9.10. The fraction of sp³-hybridized carbons (Fsp3) is 0.318. The number of nitrogens with zero attached hydrogens (tertiary/aromatic N) is 3. The topological polar surface area (TPSA) is 75.4 Å². The molecule has 0 saturated carbocycles. The molecule has 1 aliphatic rings. The highest BCUT2D eigenvalue weighted by Crippen LogP contribution is 2.28. The van der Waals surface area contributed by atoms with Gasteiger partial charge in [0.05, 0.1) is 29.2 Å². The molecular formula is C22H22ClN3O3S. The summed E-state index contributed by atoms with van der Waals surface area (Å²) >= 11 is 7.55. The third-order valence-electron chi connectivity index (χ3n) is 5.38. The average molecular weight is 444 g/mol. The van der Waals surface area contributed by atoms with Crippen LogP contribution in [0.15, 0.2) is 53.7 Å². The predicted molar refractivity (Wildman–Crippen MR) is 118 cm³/mol. The number of rotatable bonds is 6. The minimum Gasteiger partial charge on any atom is -0.481 e. The zero-order chi connectivity index (χ0) is 21.1. The number of aromatic nitrogens is 2. The van der Waals surface area contributed by atoms with Gasteiger partial charge in [0.2, 0.25) is 5.91 Å². The van der Waals surface area contributed by atoms with Crippen molar-refractivity contribution in [1.82, 2.24) is 14.5 Å². The zero-order valence-corrected chi connectivity index (χ0v) is 17.9. The summed E-state index contributed by atoms with van der Waals surface area (Å²) in [6, 6.07) is 15.8. The summed E-state index contributed by atoms with van der Waals surface area (Å²) in [6.45, 7) is 1.64. The van der Waals surface area contributed by atoms with Crippen LogP contribution in [0, 0.1) is 5.92 Å². The van der Waals surface area contributed by atoms with Crippen LogP contribution in [-0.2, 0) is 16.1 Å². The van der Waals surface area contributed by atoms with Gasteiger partial charge in [0.15, 0.2) is 5.16 Å². The van der Waals surface area contributed by atoms with Crippen LogP contribution in [0.3, 0.4) is 0 Å². The van der Waals surface area contributed by atoms with E-state index in [0.29, 0.717) is 37.5 Å². The Balaban J connectivity index is 1.50. The fourth-order valence-electron chi connectivity index (χ4n) is 3.70. The van der Waals surface area contributed by atoms with E-state index in [4.69, 9.17) is 21.7 Å². The van der Waals surface area contributed by atoms with Gasteiger partial charge in [0.1, 0.15) is 0 Å². The lowest BCUT2D eigenvalue weighted by Crippen LogP contribution is -2.41. The molecule has 0 radical (unpaired) electrons. The highest BCUT2D eigenvalue weighted by Gasteiger charge is 2.27. The first-order chi connectivity index (χ1) is 14.5. The minimum absolute atomic E-state index is 0.0141. The van der Waals surface area contributed by atoms with Crippen molar-refractivity contribution in [3.05, 3.63) is 59.1 Å². The predicted octanol–water partition coefficient (Wildman–Crippen LogP) is 4.15. The Hall–Kier alpha value is -2.51. The molecule has 2 aromatic carbocycles. The van der Waals surface area contributed by atoms with Gasteiger partial charge in [-0.05, 0) is 36.6 Å². The minimum atomic E-state index is -0.773. The third kappa shape index (κ3) is 4.63. The lowest BCUT2D eigenvalue weighted by molar-refractivity contribution is -0.145. The molecule has 30 heavy (non-hydrogen) atoms. The molecule has 0 aliphatic carbocycles. The molecule has 1 fully saturated rings. The van der Waals surface area contributed by atoms with E-state index in [1.54, 1.807) is 4.90 Å². The third-order valence-corrected chi connectivity index (χ3v) is 6.58. The van der Waals surface area contributed by atoms with Crippen molar-refractivity contribution in [3.63, 3.8) is 0 Å². The summed E-state index contributed by atoms with van der Waals surface area (Å²) < 4.78 is 2.11. The summed E-state index contributed by atoms with van der Waals surface area (Å²) in [7, 11) is 0. The number of carboxylic acids is 1. The number of carbonyl (C=O) groups excluding carboxylic acids is 1. The Bertz CT molecular complexity index is 1060. The smallest absolute Gasteiger partial charge is 0.306 e. The number of benzene rings is 2. The van der Waals surface area contributed by atoms with Crippen molar-refractivity contribution < 1.29 is 14.7 Å². The second-order valence-corrected chi connectivity index (χ2v) is 8.76. The Morgan fingerprint density at radius 3 is 2.57 bits per heavy atom. The molecule has 1 N–H and O–H groups in total. The number of amides is 1. The first kappa shape index (κ1) is 20.8. The molecule has 0 bridgehead atoms. The number of likely N-dealkylation sites (tertiary alicyclic amines) is 1. The first-order valence-corrected chi connectivity index (χ1v) is 11.2. The van der Waals surface area contributed by atoms with Crippen molar-refractivity contribution in [1.29, 1.82) is 0 Å². The fourth-order valence-corrected chi connectivity index (χ4v) is 4.79. The normalized spacial score (nSPS) is 14.9. The molecular weight excluding hydrogens is 422 g/mol. The van der Waals surface area contributed by atoms with Crippen LogP contribution < -0.4 is 0 Å². The molecule has 3 aromatic rings. The van der Waals surface area contributed by atoms with Crippen molar-refractivity contribution in [2.75, 3.05) is 18.8 Å². The summed E-state index contributed by atoms with van der Waals surface area (Å²) in [5, 5.41) is 10.5. The zero-order valence-electron chi connectivity index (χ0n) is 16.3. The molecule has 1 saturated heterocycles. The van der Waals surface area contributed by atoms with E-state index in [1.165, 1.54) is 11.8 Å². The van der Waals surface area contributed by atoms with Gasteiger partial charge in [0, 0.05) is 18.1 Å². The molecule has 156 valence electrons. The monoisotopic (exact) mass is 443 g/mol. The number of imidazole rings is 1. The number of halogens is 1. The van der Waals surface area contributed by atoms with Crippen LogP contribution >= 0.6 is 23.4 Å². The first-order valence-electron chi connectivity index (χ1n) is 9.84. The van der Waals surface area contributed by atoms with Crippen molar-refractivity contribution in [2.45, 2.75) is 24.5 Å². The molecule has 2 heterocycles. The summed E-state index contributed by atoms with van der Waals surface area (Å²) in [4.78, 5) is 30.3. The van der Waals surface area contributed by atoms with Crippen LogP contribution in [0.1, 0.15) is 18.4 Å². The van der Waals surface area contributed by atoms with Crippen molar-refractivity contribution >= 4 is 46.3 Å². The maximum atomic E-state index is 12.7. The number of piperidine rings is 1. The largest absolute Gasteiger partial charge is 0.481 e. The van der Waals surface area contributed by atoms with Crippen LogP contribution in [-0.4, -0.2) is 50.3 Å². The molecule has 0 spiro atoms. The summed E-state index contributed by atoms with van der Waals surface area (Å²) in [5.41, 5.74) is 2.92. The SMILES string of the molecule is O=C(O)C1CCN(C(=O)CSc2nc3cc(Cl)ccc3n2Cc2ccccc2)CC1.